The second-order valence-electron chi connectivity index (χ2n) is 5.85. The summed E-state index contributed by atoms with van der Waals surface area (Å²) >= 11 is 1.39. The number of hydrogen-bond donors (Lipinski definition) is 1. The zero-order valence-electron chi connectivity index (χ0n) is 15.0. The third kappa shape index (κ3) is 4.20. The lowest BCUT2D eigenvalue weighted by molar-refractivity contribution is -0.113. The molecular formula is C19H17N3O5S. The van der Waals surface area contributed by atoms with E-state index in [0.717, 1.165) is 11.3 Å². The molecule has 0 aliphatic carbocycles. The average molecular weight is 399 g/mol. The van der Waals surface area contributed by atoms with Crippen LogP contribution < -0.4 is 19.5 Å². The number of nitrogens with zero attached hydrogens (tertiary/aromatic N) is 2. The number of fused-ring (bicyclic) bond motifs is 1. The lowest BCUT2D eigenvalue weighted by Crippen LogP contribution is -2.14. The third-order valence-electron chi connectivity index (χ3n) is 3.93. The molecule has 1 N–H and O–H groups in total. The van der Waals surface area contributed by atoms with Gasteiger partial charge in [-0.2, -0.15) is 4.98 Å². The minimum absolute atomic E-state index is 0.126. The maximum Gasteiger partial charge on any atom is 0.236 e. The predicted molar refractivity (Wildman–Crippen MR) is 104 cm³/mol. The van der Waals surface area contributed by atoms with E-state index in [-0.39, 0.29) is 18.5 Å². The van der Waals surface area contributed by atoms with E-state index in [1.807, 2.05) is 24.3 Å². The molecule has 1 amide bonds. The van der Waals surface area contributed by atoms with E-state index < -0.39 is 0 Å². The number of rotatable bonds is 7. The molecule has 9 heteroatoms. The van der Waals surface area contributed by atoms with Crippen molar-refractivity contribution in [1.82, 2.24) is 10.1 Å². The topological polar surface area (TPSA) is 95.7 Å². The molecule has 8 nitrogen and oxygen atoms in total. The van der Waals surface area contributed by atoms with Gasteiger partial charge in [0.25, 0.3) is 0 Å². The molecule has 0 radical (unpaired) electrons. The van der Waals surface area contributed by atoms with Crippen molar-refractivity contribution in [3.63, 3.8) is 0 Å². The monoisotopic (exact) mass is 399 g/mol. The van der Waals surface area contributed by atoms with Gasteiger partial charge in [0.1, 0.15) is 5.75 Å². The van der Waals surface area contributed by atoms with Crippen molar-refractivity contribution < 1.29 is 23.5 Å². The minimum atomic E-state index is -0.126. The molecule has 2 heterocycles. The van der Waals surface area contributed by atoms with E-state index in [0.29, 0.717) is 34.7 Å². The average Bonchev–Trinajstić information content (AvgIpc) is 3.37. The zero-order valence-corrected chi connectivity index (χ0v) is 15.8. The molecule has 2 aromatic carbocycles. The smallest absolute Gasteiger partial charge is 0.236 e. The van der Waals surface area contributed by atoms with E-state index >= 15 is 0 Å². The van der Waals surface area contributed by atoms with Crippen LogP contribution >= 0.6 is 11.8 Å². The fraction of sp³-hybridized carbons (Fsp3) is 0.211. The third-order valence-corrected chi connectivity index (χ3v) is 4.85. The highest BCUT2D eigenvalue weighted by atomic mass is 32.2. The number of aromatic nitrogens is 2. The van der Waals surface area contributed by atoms with Crippen molar-refractivity contribution in [1.29, 1.82) is 0 Å². The van der Waals surface area contributed by atoms with Gasteiger partial charge in [-0.05, 0) is 36.4 Å². The van der Waals surface area contributed by atoms with Crippen LogP contribution in [0.25, 0.3) is 11.4 Å². The van der Waals surface area contributed by atoms with Gasteiger partial charge in [-0.3, -0.25) is 4.79 Å². The van der Waals surface area contributed by atoms with Crippen LogP contribution in [0.3, 0.4) is 0 Å². The number of nitrogens with one attached hydrogen (secondary N) is 1. The Kier molecular flexibility index (Phi) is 5.34. The second-order valence-corrected chi connectivity index (χ2v) is 6.83. The maximum absolute atomic E-state index is 12.1. The Labute approximate surface area is 165 Å². The van der Waals surface area contributed by atoms with Crippen LogP contribution in [0.2, 0.25) is 0 Å². The Morgan fingerprint density at radius 1 is 1.18 bits per heavy atom. The molecule has 144 valence electrons. The summed E-state index contributed by atoms with van der Waals surface area (Å²) < 4.78 is 20.9. The molecule has 1 aliphatic rings. The number of amides is 1. The SMILES string of the molecule is COc1ccc(-c2noc(CSCC(=O)Nc3ccc4c(c3)OCO4)n2)cc1. The molecule has 0 saturated carbocycles. The fourth-order valence-corrected chi connectivity index (χ4v) is 3.22. The van der Waals surface area contributed by atoms with Gasteiger partial charge in [-0.15, -0.1) is 11.8 Å². The van der Waals surface area contributed by atoms with Gasteiger partial charge in [0.05, 0.1) is 18.6 Å². The standard InChI is InChI=1S/C19H17N3O5S/c1-24-14-5-2-12(3-6-14)19-21-18(27-22-19)10-28-9-17(23)20-13-4-7-15-16(8-13)26-11-25-15/h2-8H,9-11H2,1H3,(H,20,23). The Bertz CT molecular complexity index is 974. The molecule has 0 saturated heterocycles. The van der Waals surface area contributed by atoms with Crippen LogP contribution in [0.4, 0.5) is 5.69 Å². The molecule has 3 aromatic rings. The van der Waals surface area contributed by atoms with Crippen LogP contribution in [0, 0.1) is 0 Å². The maximum atomic E-state index is 12.1. The molecule has 4 rings (SSSR count). The molecular weight excluding hydrogens is 382 g/mol. The normalized spacial score (nSPS) is 12.0. The van der Waals surface area contributed by atoms with Crippen LogP contribution in [-0.4, -0.2) is 35.7 Å². The largest absolute Gasteiger partial charge is 0.497 e. The second kappa shape index (κ2) is 8.22. The van der Waals surface area contributed by atoms with Crippen LogP contribution in [0.1, 0.15) is 5.89 Å². The fourth-order valence-electron chi connectivity index (χ4n) is 2.57. The van der Waals surface area contributed by atoms with Crippen molar-refractivity contribution in [2.24, 2.45) is 0 Å². The van der Waals surface area contributed by atoms with Crippen molar-refractivity contribution >= 4 is 23.4 Å². The van der Waals surface area contributed by atoms with Crippen LogP contribution in [-0.2, 0) is 10.5 Å². The summed E-state index contributed by atoms with van der Waals surface area (Å²) in [5.41, 5.74) is 1.50. The summed E-state index contributed by atoms with van der Waals surface area (Å²) in [7, 11) is 1.61. The highest BCUT2D eigenvalue weighted by Gasteiger charge is 2.14. The molecule has 28 heavy (non-hydrogen) atoms. The number of methoxy groups -OCH3 is 1. The Hall–Kier alpha value is -3.20. The first-order chi connectivity index (χ1) is 13.7. The van der Waals surface area contributed by atoms with Gasteiger partial charge in [0.15, 0.2) is 11.5 Å². The van der Waals surface area contributed by atoms with Gasteiger partial charge >= 0.3 is 0 Å². The van der Waals surface area contributed by atoms with E-state index in [4.69, 9.17) is 18.7 Å². The number of carbonyl (C=O) groups excluding carboxylic acids is 1. The van der Waals surface area contributed by atoms with Gasteiger partial charge in [-0.1, -0.05) is 5.16 Å². The predicted octanol–water partition coefficient (Wildman–Crippen LogP) is 3.35. The van der Waals surface area contributed by atoms with Crippen LogP contribution in [0.15, 0.2) is 47.0 Å². The molecule has 0 spiro atoms. The number of carbonyl (C=O) groups is 1. The van der Waals surface area contributed by atoms with E-state index in [9.17, 15) is 4.79 Å². The van der Waals surface area contributed by atoms with Crippen LogP contribution in [0.5, 0.6) is 17.2 Å². The number of benzene rings is 2. The Morgan fingerprint density at radius 3 is 2.82 bits per heavy atom. The molecule has 1 aromatic heterocycles. The van der Waals surface area contributed by atoms with Crippen molar-refractivity contribution in [2.45, 2.75) is 5.75 Å². The highest BCUT2D eigenvalue weighted by Crippen LogP contribution is 2.34. The summed E-state index contributed by atoms with van der Waals surface area (Å²) in [6, 6.07) is 12.7. The van der Waals surface area contributed by atoms with E-state index in [1.165, 1.54) is 11.8 Å². The van der Waals surface area contributed by atoms with E-state index in [1.54, 1.807) is 25.3 Å². The Balaban J connectivity index is 1.27. The van der Waals surface area contributed by atoms with Gasteiger partial charge in [-0.25, -0.2) is 0 Å². The van der Waals surface area contributed by atoms with Gasteiger partial charge in [0, 0.05) is 17.3 Å². The number of thioether (sulfide) groups is 1. The number of hydrogen-bond acceptors (Lipinski definition) is 8. The van der Waals surface area contributed by atoms with Crippen molar-refractivity contribution in [3.8, 4) is 28.6 Å². The quantitative estimate of drug-likeness (QED) is 0.646. The molecule has 0 atom stereocenters. The summed E-state index contributed by atoms with van der Waals surface area (Å²) in [6.07, 6.45) is 0. The lowest BCUT2D eigenvalue weighted by atomic mass is 10.2. The molecule has 0 unspecified atom stereocenters. The first kappa shape index (κ1) is 18.2. The first-order valence-electron chi connectivity index (χ1n) is 8.45. The molecule has 1 aliphatic heterocycles. The first-order valence-corrected chi connectivity index (χ1v) is 9.61. The minimum Gasteiger partial charge on any atom is -0.497 e. The zero-order chi connectivity index (χ0) is 19.3. The number of ether oxygens (including phenoxy) is 3. The van der Waals surface area contributed by atoms with Gasteiger partial charge in [0.2, 0.25) is 24.4 Å². The van der Waals surface area contributed by atoms with Crippen molar-refractivity contribution in [3.05, 3.63) is 48.4 Å². The van der Waals surface area contributed by atoms with E-state index in [2.05, 4.69) is 15.5 Å². The molecule has 0 fully saturated rings. The lowest BCUT2D eigenvalue weighted by Gasteiger charge is -2.05. The summed E-state index contributed by atoms with van der Waals surface area (Å²) in [5, 5.41) is 6.80. The van der Waals surface area contributed by atoms with Crippen molar-refractivity contribution in [2.75, 3.05) is 25.0 Å². The summed E-state index contributed by atoms with van der Waals surface area (Å²) in [6.45, 7) is 0.200. The highest BCUT2D eigenvalue weighted by molar-refractivity contribution is 7.99. The summed E-state index contributed by atoms with van der Waals surface area (Å²) in [4.78, 5) is 16.5. The molecule has 0 bridgehead atoms. The van der Waals surface area contributed by atoms with Gasteiger partial charge < -0.3 is 24.1 Å². The summed E-state index contributed by atoms with van der Waals surface area (Å²) in [5.74, 6) is 3.61. The number of anilines is 1. The Morgan fingerprint density at radius 2 is 2.00 bits per heavy atom.